The van der Waals surface area contributed by atoms with Crippen LogP contribution in [-0.2, 0) is 9.53 Å². The maximum absolute atomic E-state index is 10.5. The summed E-state index contributed by atoms with van der Waals surface area (Å²) < 4.78 is 7.40. The van der Waals surface area contributed by atoms with E-state index in [2.05, 4.69) is 3.53 Å². The molecule has 0 aliphatic rings. The molecule has 0 saturated heterocycles. The van der Waals surface area contributed by atoms with Crippen molar-refractivity contribution in [2.45, 2.75) is 13.3 Å². The summed E-state index contributed by atoms with van der Waals surface area (Å²) in [6.07, 6.45) is 0.882. The molecule has 54 valence electrons. The highest BCUT2D eigenvalue weighted by molar-refractivity contribution is 14.1. The van der Waals surface area contributed by atoms with Gasteiger partial charge < -0.3 is 4.74 Å². The zero-order chi connectivity index (χ0) is 7.11. The fraction of sp³-hybridized carbons (Fsp3) is 0.800. The Hall–Kier alpha value is 0.160. The number of halogens is 1. The van der Waals surface area contributed by atoms with Gasteiger partial charge >= 0.3 is 5.97 Å². The minimum Gasteiger partial charge on any atom is -0.465 e. The molecule has 4 heteroatoms. The molecule has 0 heterocycles. The lowest BCUT2D eigenvalue weighted by atomic mass is 10.5. The van der Waals surface area contributed by atoms with Crippen LogP contribution in [0.15, 0.2) is 0 Å². The highest BCUT2D eigenvalue weighted by Crippen LogP contribution is 1.81. The lowest BCUT2D eigenvalue weighted by molar-refractivity contribution is -0.142. The predicted molar refractivity (Wildman–Crippen MR) is 43.3 cm³/mol. The van der Waals surface area contributed by atoms with Crippen molar-refractivity contribution >= 4 is 28.8 Å². The van der Waals surface area contributed by atoms with Crippen LogP contribution in [-0.4, -0.2) is 19.1 Å². The molecule has 0 amide bonds. The monoisotopic (exact) mass is 243 g/mol. The van der Waals surface area contributed by atoms with E-state index in [9.17, 15) is 4.79 Å². The summed E-state index contributed by atoms with van der Waals surface area (Å²) in [7, 11) is 0. The van der Waals surface area contributed by atoms with E-state index in [1.807, 2.05) is 29.8 Å². The van der Waals surface area contributed by atoms with E-state index in [1.165, 1.54) is 0 Å². The van der Waals surface area contributed by atoms with Gasteiger partial charge in [-0.05, 0) is 6.42 Å². The minimum absolute atomic E-state index is 0.189. The van der Waals surface area contributed by atoms with Gasteiger partial charge in [-0.15, -0.1) is 0 Å². The third-order valence-electron chi connectivity index (χ3n) is 0.678. The standard InChI is InChI=1S/C5H10INO2/c1-2-3-9-5(8)4-7-6/h7H,2-4H2,1H3. The van der Waals surface area contributed by atoms with Crippen molar-refractivity contribution < 1.29 is 9.53 Å². The number of hydrogen-bond acceptors (Lipinski definition) is 3. The quantitative estimate of drug-likeness (QED) is 0.452. The summed E-state index contributed by atoms with van der Waals surface area (Å²) in [6, 6.07) is 0. The average molecular weight is 243 g/mol. The summed E-state index contributed by atoms with van der Waals surface area (Å²) in [5, 5.41) is 0. The minimum atomic E-state index is -0.189. The Kier molecular flexibility index (Phi) is 6.39. The highest BCUT2D eigenvalue weighted by Gasteiger charge is 1.97. The largest absolute Gasteiger partial charge is 0.465 e. The van der Waals surface area contributed by atoms with Gasteiger partial charge in [0.25, 0.3) is 0 Å². The Morgan fingerprint density at radius 1 is 1.78 bits per heavy atom. The van der Waals surface area contributed by atoms with Crippen LogP contribution in [0, 0.1) is 0 Å². The topological polar surface area (TPSA) is 38.3 Å². The molecule has 0 rings (SSSR count). The average Bonchev–Trinajstić information content (AvgIpc) is 1.85. The van der Waals surface area contributed by atoms with Crippen LogP contribution >= 0.6 is 22.9 Å². The number of nitrogens with one attached hydrogen (secondary N) is 1. The Labute approximate surface area is 68.6 Å². The van der Waals surface area contributed by atoms with E-state index >= 15 is 0 Å². The van der Waals surface area contributed by atoms with Gasteiger partial charge in [-0.1, -0.05) is 6.92 Å². The van der Waals surface area contributed by atoms with Gasteiger partial charge in [-0.3, -0.25) is 4.79 Å². The van der Waals surface area contributed by atoms with Gasteiger partial charge in [0.2, 0.25) is 0 Å². The number of carbonyl (C=O) groups is 1. The van der Waals surface area contributed by atoms with Crippen LogP contribution in [0.2, 0.25) is 0 Å². The molecule has 0 atom stereocenters. The molecular weight excluding hydrogens is 233 g/mol. The van der Waals surface area contributed by atoms with Crippen molar-refractivity contribution in [3.63, 3.8) is 0 Å². The number of ether oxygens (including phenoxy) is 1. The first-order chi connectivity index (χ1) is 4.31. The van der Waals surface area contributed by atoms with Gasteiger partial charge in [-0.2, -0.15) is 0 Å². The van der Waals surface area contributed by atoms with Crippen LogP contribution in [0.1, 0.15) is 13.3 Å². The summed E-state index contributed by atoms with van der Waals surface area (Å²) in [4.78, 5) is 10.5. The second-order valence-electron chi connectivity index (χ2n) is 1.53. The molecule has 0 aromatic carbocycles. The number of rotatable bonds is 4. The molecule has 0 fully saturated rings. The zero-order valence-corrected chi connectivity index (χ0v) is 7.47. The van der Waals surface area contributed by atoms with E-state index in [-0.39, 0.29) is 5.97 Å². The molecule has 1 N–H and O–H groups in total. The maximum Gasteiger partial charge on any atom is 0.320 e. The molecule has 0 aliphatic heterocycles. The van der Waals surface area contributed by atoms with Crippen LogP contribution in [0.5, 0.6) is 0 Å². The molecule has 0 aromatic heterocycles. The van der Waals surface area contributed by atoms with E-state index in [1.54, 1.807) is 0 Å². The second-order valence-corrected chi connectivity index (χ2v) is 2.29. The molecule has 0 saturated carbocycles. The highest BCUT2D eigenvalue weighted by atomic mass is 127. The van der Waals surface area contributed by atoms with Crippen molar-refractivity contribution in [1.82, 2.24) is 3.53 Å². The zero-order valence-electron chi connectivity index (χ0n) is 5.32. The lowest BCUT2D eigenvalue weighted by Crippen LogP contribution is -2.17. The lowest BCUT2D eigenvalue weighted by Gasteiger charge is -1.99. The van der Waals surface area contributed by atoms with Crippen molar-refractivity contribution in [2.24, 2.45) is 0 Å². The smallest absolute Gasteiger partial charge is 0.320 e. The van der Waals surface area contributed by atoms with Gasteiger partial charge in [0.15, 0.2) is 0 Å². The normalized spacial score (nSPS) is 9.11. The van der Waals surface area contributed by atoms with Gasteiger partial charge in [0.05, 0.1) is 6.61 Å². The first-order valence-electron chi connectivity index (χ1n) is 2.80. The summed E-state index contributed by atoms with van der Waals surface area (Å²) in [6.45, 7) is 2.78. The maximum atomic E-state index is 10.5. The number of carbonyl (C=O) groups excluding carboxylic acids is 1. The van der Waals surface area contributed by atoms with Crippen LogP contribution in [0.3, 0.4) is 0 Å². The molecule has 0 unspecified atom stereocenters. The van der Waals surface area contributed by atoms with Gasteiger partial charge in [0, 0.05) is 22.9 Å². The van der Waals surface area contributed by atoms with Crippen molar-refractivity contribution in [3.8, 4) is 0 Å². The van der Waals surface area contributed by atoms with Gasteiger partial charge in [-0.25, -0.2) is 3.53 Å². The first-order valence-corrected chi connectivity index (χ1v) is 3.88. The molecule has 9 heavy (non-hydrogen) atoms. The van der Waals surface area contributed by atoms with Crippen LogP contribution in [0.25, 0.3) is 0 Å². The summed E-state index contributed by atoms with van der Waals surface area (Å²) >= 11 is 1.90. The third kappa shape index (κ3) is 6.04. The number of hydrogen-bond donors (Lipinski definition) is 1. The molecule has 0 spiro atoms. The Balaban J connectivity index is 3.06. The Morgan fingerprint density at radius 3 is 2.89 bits per heavy atom. The van der Waals surface area contributed by atoms with E-state index in [0.29, 0.717) is 13.2 Å². The molecular formula is C5H10INO2. The van der Waals surface area contributed by atoms with E-state index in [0.717, 1.165) is 6.42 Å². The summed E-state index contributed by atoms with van der Waals surface area (Å²) in [5.41, 5.74) is 0. The first kappa shape index (κ1) is 9.16. The molecule has 0 aromatic rings. The summed E-state index contributed by atoms with van der Waals surface area (Å²) in [5.74, 6) is -0.189. The molecule has 0 bridgehead atoms. The fourth-order valence-corrected chi connectivity index (χ4v) is 0.633. The van der Waals surface area contributed by atoms with Crippen LogP contribution in [0.4, 0.5) is 0 Å². The van der Waals surface area contributed by atoms with Crippen molar-refractivity contribution in [3.05, 3.63) is 0 Å². The van der Waals surface area contributed by atoms with Crippen LogP contribution < -0.4 is 3.53 Å². The van der Waals surface area contributed by atoms with E-state index in [4.69, 9.17) is 4.74 Å². The van der Waals surface area contributed by atoms with Crippen molar-refractivity contribution in [1.29, 1.82) is 0 Å². The SMILES string of the molecule is CCCOC(=O)CNI. The fourth-order valence-electron chi connectivity index (χ4n) is 0.321. The second kappa shape index (κ2) is 6.28. The predicted octanol–water partition coefficient (Wildman–Crippen LogP) is 0.879. The van der Waals surface area contributed by atoms with Crippen molar-refractivity contribution in [2.75, 3.05) is 13.2 Å². The molecule has 3 nitrogen and oxygen atoms in total. The molecule has 0 aliphatic carbocycles. The van der Waals surface area contributed by atoms with E-state index < -0.39 is 0 Å². The van der Waals surface area contributed by atoms with Gasteiger partial charge in [0.1, 0.15) is 6.54 Å². The molecule has 0 radical (unpaired) electrons. The Bertz CT molecular complexity index is 87.0. The Morgan fingerprint density at radius 2 is 2.44 bits per heavy atom. The number of esters is 1. The third-order valence-corrected chi connectivity index (χ3v) is 1.06.